The van der Waals surface area contributed by atoms with Crippen molar-refractivity contribution in [3.05, 3.63) is 54.1 Å². The molecule has 0 unspecified atom stereocenters. The third-order valence-corrected chi connectivity index (χ3v) is 4.60. The summed E-state index contributed by atoms with van der Waals surface area (Å²) >= 11 is 0. The van der Waals surface area contributed by atoms with Crippen LogP contribution in [0.4, 0.5) is 5.69 Å². The highest BCUT2D eigenvalue weighted by molar-refractivity contribution is 5.95. The molecule has 1 aliphatic heterocycles. The molecule has 0 atom stereocenters. The van der Waals surface area contributed by atoms with Crippen LogP contribution in [0.5, 0.6) is 11.5 Å². The van der Waals surface area contributed by atoms with Crippen molar-refractivity contribution in [3.63, 3.8) is 0 Å². The number of ether oxygens (including phenoxy) is 2. The van der Waals surface area contributed by atoms with Gasteiger partial charge < -0.3 is 19.7 Å². The van der Waals surface area contributed by atoms with Gasteiger partial charge in [-0.3, -0.25) is 4.79 Å². The van der Waals surface area contributed by atoms with Gasteiger partial charge in [-0.15, -0.1) is 0 Å². The Labute approximate surface area is 148 Å². The van der Waals surface area contributed by atoms with Gasteiger partial charge >= 0.3 is 0 Å². The maximum absolute atomic E-state index is 12.5. The third-order valence-electron chi connectivity index (χ3n) is 4.60. The van der Waals surface area contributed by atoms with E-state index in [0.29, 0.717) is 17.1 Å². The molecule has 5 nitrogen and oxygen atoms in total. The molecular weight excluding hydrogens is 316 g/mol. The van der Waals surface area contributed by atoms with Crippen molar-refractivity contribution >= 4 is 11.6 Å². The van der Waals surface area contributed by atoms with E-state index in [1.807, 2.05) is 6.07 Å². The van der Waals surface area contributed by atoms with E-state index in [9.17, 15) is 4.79 Å². The van der Waals surface area contributed by atoms with Gasteiger partial charge in [0.1, 0.15) is 0 Å². The molecule has 1 N–H and O–H groups in total. The largest absolute Gasteiger partial charge is 0.493 e. The SMILES string of the molecule is COc1ccc(C(=O)NC2CCN(c3ccccc3)CC2)cc1OC. The van der Waals surface area contributed by atoms with Crippen LogP contribution in [0.15, 0.2) is 48.5 Å². The lowest BCUT2D eigenvalue weighted by Crippen LogP contribution is -2.44. The molecule has 25 heavy (non-hydrogen) atoms. The second-order valence-electron chi connectivity index (χ2n) is 6.14. The van der Waals surface area contributed by atoms with Crippen molar-refractivity contribution in [3.8, 4) is 11.5 Å². The molecular formula is C20H24N2O3. The van der Waals surface area contributed by atoms with Crippen LogP contribution in [0, 0.1) is 0 Å². The molecule has 2 aromatic carbocycles. The van der Waals surface area contributed by atoms with Gasteiger partial charge in [0.15, 0.2) is 11.5 Å². The fourth-order valence-corrected chi connectivity index (χ4v) is 3.17. The molecule has 0 aromatic heterocycles. The molecule has 1 saturated heterocycles. The van der Waals surface area contributed by atoms with Crippen molar-refractivity contribution in [2.45, 2.75) is 18.9 Å². The fourth-order valence-electron chi connectivity index (χ4n) is 3.17. The van der Waals surface area contributed by atoms with Crippen molar-refractivity contribution < 1.29 is 14.3 Å². The highest BCUT2D eigenvalue weighted by atomic mass is 16.5. The lowest BCUT2D eigenvalue weighted by molar-refractivity contribution is 0.0930. The standard InChI is InChI=1S/C20H24N2O3/c1-24-18-9-8-15(14-19(18)25-2)20(23)21-16-10-12-22(13-11-16)17-6-4-3-5-7-17/h3-9,14,16H,10-13H2,1-2H3,(H,21,23). The van der Waals surface area contributed by atoms with E-state index in [2.05, 4.69) is 34.5 Å². The van der Waals surface area contributed by atoms with E-state index in [1.54, 1.807) is 32.4 Å². The maximum atomic E-state index is 12.5. The van der Waals surface area contributed by atoms with E-state index in [0.717, 1.165) is 25.9 Å². The number of anilines is 1. The summed E-state index contributed by atoms with van der Waals surface area (Å²) in [4.78, 5) is 14.9. The molecule has 0 bridgehead atoms. The first-order chi connectivity index (χ1) is 12.2. The van der Waals surface area contributed by atoms with Crippen molar-refractivity contribution in [1.82, 2.24) is 5.32 Å². The number of nitrogens with zero attached hydrogens (tertiary/aromatic N) is 1. The molecule has 5 heteroatoms. The number of benzene rings is 2. The number of amides is 1. The normalized spacial score (nSPS) is 14.9. The number of para-hydroxylation sites is 1. The zero-order valence-electron chi connectivity index (χ0n) is 14.7. The molecule has 2 aromatic rings. The molecule has 3 rings (SSSR count). The third kappa shape index (κ3) is 4.05. The van der Waals surface area contributed by atoms with Crippen LogP contribution in [0.3, 0.4) is 0 Å². The van der Waals surface area contributed by atoms with E-state index in [-0.39, 0.29) is 11.9 Å². The average molecular weight is 340 g/mol. The van der Waals surface area contributed by atoms with Gasteiger partial charge in [0, 0.05) is 30.4 Å². The van der Waals surface area contributed by atoms with Crippen molar-refractivity contribution in [2.24, 2.45) is 0 Å². The summed E-state index contributed by atoms with van der Waals surface area (Å²) < 4.78 is 10.5. The Morgan fingerprint density at radius 3 is 2.32 bits per heavy atom. The van der Waals surface area contributed by atoms with E-state index >= 15 is 0 Å². The summed E-state index contributed by atoms with van der Waals surface area (Å²) in [5.74, 6) is 1.11. The molecule has 1 aliphatic rings. The monoisotopic (exact) mass is 340 g/mol. The molecule has 0 aliphatic carbocycles. The second kappa shape index (κ2) is 7.92. The topological polar surface area (TPSA) is 50.8 Å². The first kappa shape index (κ1) is 17.1. The molecule has 1 heterocycles. The Bertz CT molecular complexity index is 710. The second-order valence-corrected chi connectivity index (χ2v) is 6.14. The maximum Gasteiger partial charge on any atom is 0.251 e. The van der Waals surface area contributed by atoms with Crippen molar-refractivity contribution in [1.29, 1.82) is 0 Å². The molecule has 0 spiro atoms. The predicted molar refractivity (Wildman–Crippen MR) is 98.7 cm³/mol. The minimum Gasteiger partial charge on any atom is -0.493 e. The van der Waals surface area contributed by atoms with Gasteiger partial charge in [0.05, 0.1) is 14.2 Å². The van der Waals surface area contributed by atoms with Crippen LogP contribution in [0.25, 0.3) is 0 Å². The highest BCUT2D eigenvalue weighted by Gasteiger charge is 2.21. The number of piperidine rings is 1. The number of hydrogen-bond donors (Lipinski definition) is 1. The van der Waals surface area contributed by atoms with E-state index in [4.69, 9.17) is 9.47 Å². The van der Waals surface area contributed by atoms with Gasteiger partial charge in [-0.25, -0.2) is 0 Å². The van der Waals surface area contributed by atoms with Crippen LogP contribution in [-0.4, -0.2) is 39.3 Å². The van der Waals surface area contributed by atoms with Crippen LogP contribution >= 0.6 is 0 Å². The summed E-state index contributed by atoms with van der Waals surface area (Å²) in [6.07, 6.45) is 1.88. The number of methoxy groups -OCH3 is 2. The number of hydrogen-bond acceptors (Lipinski definition) is 4. The Balaban J connectivity index is 1.58. The fraction of sp³-hybridized carbons (Fsp3) is 0.350. The molecule has 1 amide bonds. The Morgan fingerprint density at radius 2 is 1.68 bits per heavy atom. The molecule has 0 saturated carbocycles. The quantitative estimate of drug-likeness (QED) is 0.909. The van der Waals surface area contributed by atoms with Gasteiger partial charge in [0.25, 0.3) is 5.91 Å². The first-order valence-electron chi connectivity index (χ1n) is 8.54. The zero-order chi connectivity index (χ0) is 17.6. The number of carbonyl (C=O) groups excluding carboxylic acids is 1. The summed E-state index contributed by atoms with van der Waals surface area (Å²) in [7, 11) is 3.15. The van der Waals surface area contributed by atoms with E-state index in [1.165, 1.54) is 5.69 Å². The number of rotatable bonds is 5. The zero-order valence-corrected chi connectivity index (χ0v) is 14.7. The Hall–Kier alpha value is -2.69. The number of nitrogens with one attached hydrogen (secondary N) is 1. The van der Waals surface area contributed by atoms with Gasteiger partial charge in [-0.2, -0.15) is 0 Å². The summed E-state index contributed by atoms with van der Waals surface area (Å²) in [6.45, 7) is 1.89. The molecule has 1 fully saturated rings. The lowest BCUT2D eigenvalue weighted by Gasteiger charge is -2.34. The predicted octanol–water partition coefficient (Wildman–Crippen LogP) is 3.10. The van der Waals surface area contributed by atoms with Gasteiger partial charge in [-0.1, -0.05) is 18.2 Å². The van der Waals surface area contributed by atoms with E-state index < -0.39 is 0 Å². The van der Waals surface area contributed by atoms with Gasteiger partial charge in [0.2, 0.25) is 0 Å². The lowest BCUT2D eigenvalue weighted by atomic mass is 10.0. The minimum atomic E-state index is -0.0703. The van der Waals surface area contributed by atoms with Crippen LogP contribution in [0.1, 0.15) is 23.2 Å². The summed E-state index contributed by atoms with van der Waals surface area (Å²) in [6, 6.07) is 15.8. The van der Waals surface area contributed by atoms with Crippen LogP contribution < -0.4 is 19.7 Å². The Kier molecular flexibility index (Phi) is 5.43. The minimum absolute atomic E-state index is 0.0703. The highest BCUT2D eigenvalue weighted by Crippen LogP contribution is 2.27. The first-order valence-corrected chi connectivity index (χ1v) is 8.54. The average Bonchev–Trinajstić information content (AvgIpc) is 2.68. The van der Waals surface area contributed by atoms with Crippen LogP contribution in [0.2, 0.25) is 0 Å². The summed E-state index contributed by atoms with van der Waals surface area (Å²) in [5.41, 5.74) is 1.83. The smallest absolute Gasteiger partial charge is 0.251 e. The Morgan fingerprint density at radius 1 is 1.00 bits per heavy atom. The van der Waals surface area contributed by atoms with Crippen LogP contribution in [-0.2, 0) is 0 Å². The molecule has 0 radical (unpaired) electrons. The molecule has 132 valence electrons. The number of carbonyl (C=O) groups is 1. The van der Waals surface area contributed by atoms with Crippen molar-refractivity contribution in [2.75, 3.05) is 32.2 Å². The summed E-state index contributed by atoms with van der Waals surface area (Å²) in [5, 5.41) is 3.13. The van der Waals surface area contributed by atoms with Gasteiger partial charge in [-0.05, 0) is 43.2 Å².